The van der Waals surface area contributed by atoms with Crippen LogP contribution in [-0.4, -0.2) is 11.0 Å². The fourth-order valence-corrected chi connectivity index (χ4v) is 2.62. The molecule has 0 saturated heterocycles. The van der Waals surface area contributed by atoms with Crippen molar-refractivity contribution in [2.24, 2.45) is 0 Å². The Balaban J connectivity index is 2.25. The van der Waals surface area contributed by atoms with Crippen LogP contribution in [0.4, 0.5) is 10.1 Å². The number of halogens is 3. The first-order valence-corrected chi connectivity index (χ1v) is 6.81. The Bertz CT molecular complexity index is 647. The summed E-state index contributed by atoms with van der Waals surface area (Å²) < 4.78 is 14.4. The van der Waals surface area contributed by atoms with Crippen LogP contribution < -0.4 is 5.32 Å². The number of phenols is 1. The Kier molecular flexibility index (Phi) is 4.21. The summed E-state index contributed by atoms with van der Waals surface area (Å²) in [5.41, 5.74) is 0.563. The number of benzene rings is 2. The lowest BCUT2D eigenvalue weighted by atomic mass is 10.2. The predicted octanol–water partition coefficient (Wildman–Crippen LogP) is 4.31. The molecule has 0 spiro atoms. The molecule has 2 rings (SSSR count). The third-order valence-corrected chi connectivity index (χ3v) is 3.53. The average molecular weight is 389 g/mol. The van der Waals surface area contributed by atoms with E-state index in [0.717, 1.165) is 16.6 Å². The maximum absolute atomic E-state index is 12.8. The van der Waals surface area contributed by atoms with Crippen LogP contribution in [0.1, 0.15) is 10.4 Å². The van der Waals surface area contributed by atoms with E-state index in [1.165, 1.54) is 6.07 Å². The van der Waals surface area contributed by atoms with Crippen LogP contribution in [0.5, 0.6) is 5.75 Å². The lowest BCUT2D eigenvalue weighted by molar-refractivity contribution is 0.102. The SMILES string of the molecule is O=C(Nc1ccc(Br)cc1Br)c1ccc(F)cc1O. The van der Waals surface area contributed by atoms with Crippen molar-refractivity contribution in [2.45, 2.75) is 0 Å². The van der Waals surface area contributed by atoms with Crippen LogP contribution in [0.3, 0.4) is 0 Å². The van der Waals surface area contributed by atoms with Crippen molar-refractivity contribution in [2.75, 3.05) is 5.32 Å². The Morgan fingerprint density at radius 2 is 1.89 bits per heavy atom. The molecule has 0 fully saturated rings. The highest BCUT2D eigenvalue weighted by atomic mass is 79.9. The topological polar surface area (TPSA) is 49.3 Å². The van der Waals surface area contributed by atoms with Crippen LogP contribution in [0.15, 0.2) is 45.3 Å². The molecule has 0 aromatic heterocycles. The predicted molar refractivity (Wildman–Crippen MR) is 77.9 cm³/mol. The highest BCUT2D eigenvalue weighted by Gasteiger charge is 2.13. The lowest BCUT2D eigenvalue weighted by Gasteiger charge is -2.09. The monoisotopic (exact) mass is 387 g/mol. The molecule has 0 radical (unpaired) electrons. The van der Waals surface area contributed by atoms with Gasteiger partial charge in [-0.1, -0.05) is 15.9 Å². The highest BCUT2D eigenvalue weighted by Crippen LogP contribution is 2.27. The maximum atomic E-state index is 12.8. The van der Waals surface area contributed by atoms with Gasteiger partial charge in [-0.05, 0) is 46.3 Å². The largest absolute Gasteiger partial charge is 0.507 e. The molecule has 6 heteroatoms. The van der Waals surface area contributed by atoms with E-state index in [1.807, 2.05) is 0 Å². The maximum Gasteiger partial charge on any atom is 0.259 e. The zero-order valence-corrected chi connectivity index (χ0v) is 12.6. The fourth-order valence-electron chi connectivity index (χ4n) is 1.48. The molecule has 2 aromatic carbocycles. The minimum atomic E-state index is -0.598. The van der Waals surface area contributed by atoms with E-state index in [9.17, 15) is 14.3 Å². The van der Waals surface area contributed by atoms with Gasteiger partial charge in [0.25, 0.3) is 5.91 Å². The van der Waals surface area contributed by atoms with E-state index in [-0.39, 0.29) is 5.56 Å². The number of aromatic hydroxyl groups is 1. The number of carbonyl (C=O) groups excluding carboxylic acids is 1. The van der Waals surface area contributed by atoms with Gasteiger partial charge < -0.3 is 10.4 Å². The number of nitrogens with one attached hydrogen (secondary N) is 1. The minimum absolute atomic E-state index is 0.0104. The smallest absolute Gasteiger partial charge is 0.259 e. The molecule has 0 bridgehead atoms. The van der Waals surface area contributed by atoms with Gasteiger partial charge in [0.2, 0.25) is 0 Å². The zero-order valence-electron chi connectivity index (χ0n) is 9.45. The van der Waals surface area contributed by atoms with E-state index in [2.05, 4.69) is 37.2 Å². The fraction of sp³-hybridized carbons (Fsp3) is 0. The van der Waals surface area contributed by atoms with E-state index in [4.69, 9.17) is 0 Å². The van der Waals surface area contributed by atoms with Crippen molar-refractivity contribution in [1.29, 1.82) is 0 Å². The van der Waals surface area contributed by atoms with Gasteiger partial charge in [-0.3, -0.25) is 4.79 Å². The third kappa shape index (κ3) is 3.33. The molecule has 0 aliphatic carbocycles. The molecule has 19 heavy (non-hydrogen) atoms. The molecular formula is C13H8Br2FNO2. The minimum Gasteiger partial charge on any atom is -0.507 e. The van der Waals surface area contributed by atoms with Gasteiger partial charge in [-0.2, -0.15) is 0 Å². The van der Waals surface area contributed by atoms with Gasteiger partial charge in [-0.25, -0.2) is 4.39 Å². The summed E-state index contributed by atoms with van der Waals surface area (Å²) in [6.07, 6.45) is 0. The molecule has 98 valence electrons. The lowest BCUT2D eigenvalue weighted by Crippen LogP contribution is -2.12. The van der Waals surface area contributed by atoms with Gasteiger partial charge in [0.1, 0.15) is 11.6 Å². The second kappa shape index (κ2) is 5.71. The second-order valence-electron chi connectivity index (χ2n) is 3.74. The summed E-state index contributed by atoms with van der Waals surface area (Å²) in [6.45, 7) is 0. The number of hydrogen-bond donors (Lipinski definition) is 2. The molecule has 2 aromatic rings. The van der Waals surface area contributed by atoms with Crippen LogP contribution in [0.25, 0.3) is 0 Å². The third-order valence-electron chi connectivity index (χ3n) is 2.38. The van der Waals surface area contributed by atoms with Crippen LogP contribution in [-0.2, 0) is 0 Å². The van der Waals surface area contributed by atoms with E-state index in [1.54, 1.807) is 18.2 Å². The first kappa shape index (κ1) is 14.0. The molecule has 2 N–H and O–H groups in total. The summed E-state index contributed by atoms with van der Waals surface area (Å²) >= 11 is 6.61. The summed E-state index contributed by atoms with van der Waals surface area (Å²) in [6, 6.07) is 8.49. The van der Waals surface area contributed by atoms with E-state index in [0.29, 0.717) is 10.2 Å². The molecule has 3 nitrogen and oxygen atoms in total. The van der Waals surface area contributed by atoms with Gasteiger partial charge >= 0.3 is 0 Å². The average Bonchev–Trinajstić information content (AvgIpc) is 2.32. The highest BCUT2D eigenvalue weighted by molar-refractivity contribution is 9.11. The van der Waals surface area contributed by atoms with Crippen molar-refractivity contribution in [1.82, 2.24) is 0 Å². The van der Waals surface area contributed by atoms with E-state index < -0.39 is 17.5 Å². The Labute approximate surface area is 125 Å². The summed E-state index contributed by atoms with van der Waals surface area (Å²) in [5, 5.41) is 12.2. The number of carbonyl (C=O) groups is 1. The van der Waals surface area contributed by atoms with Crippen molar-refractivity contribution < 1.29 is 14.3 Å². The number of amides is 1. The van der Waals surface area contributed by atoms with Crippen LogP contribution in [0.2, 0.25) is 0 Å². The second-order valence-corrected chi connectivity index (χ2v) is 5.51. The van der Waals surface area contributed by atoms with Crippen molar-refractivity contribution in [3.05, 3.63) is 56.7 Å². The normalized spacial score (nSPS) is 10.3. The van der Waals surface area contributed by atoms with Crippen LogP contribution in [0, 0.1) is 5.82 Å². The van der Waals surface area contributed by atoms with Gasteiger partial charge in [0.05, 0.1) is 11.3 Å². The molecule has 0 aliphatic rings. The molecular weight excluding hydrogens is 381 g/mol. The molecule has 0 atom stereocenters. The first-order chi connectivity index (χ1) is 8.97. The summed E-state index contributed by atoms with van der Waals surface area (Å²) in [4.78, 5) is 12.0. The van der Waals surface area contributed by atoms with Crippen molar-refractivity contribution in [3.8, 4) is 5.75 Å². The number of hydrogen-bond acceptors (Lipinski definition) is 2. The molecule has 0 aliphatic heterocycles. The summed E-state index contributed by atoms with van der Waals surface area (Å²) in [5.74, 6) is -1.51. The van der Waals surface area contributed by atoms with E-state index >= 15 is 0 Å². The summed E-state index contributed by atoms with van der Waals surface area (Å²) in [7, 11) is 0. The molecule has 0 heterocycles. The number of rotatable bonds is 2. The van der Waals surface area contributed by atoms with Gasteiger partial charge in [-0.15, -0.1) is 0 Å². The standard InChI is InChI=1S/C13H8Br2FNO2/c14-7-1-4-11(10(15)5-7)17-13(19)9-3-2-8(16)6-12(9)18/h1-6,18H,(H,17,19). The van der Waals surface area contributed by atoms with Gasteiger partial charge in [0.15, 0.2) is 0 Å². The first-order valence-electron chi connectivity index (χ1n) is 5.22. The molecule has 0 unspecified atom stereocenters. The number of phenolic OH excluding ortho intramolecular Hbond substituents is 1. The van der Waals surface area contributed by atoms with Gasteiger partial charge in [0, 0.05) is 15.0 Å². The van der Waals surface area contributed by atoms with Crippen molar-refractivity contribution in [3.63, 3.8) is 0 Å². The zero-order chi connectivity index (χ0) is 14.0. The Morgan fingerprint density at radius 3 is 2.53 bits per heavy atom. The molecule has 1 amide bonds. The molecule has 0 saturated carbocycles. The Morgan fingerprint density at radius 1 is 1.16 bits per heavy atom. The Hall–Kier alpha value is -1.40. The quantitative estimate of drug-likeness (QED) is 0.805. The van der Waals surface area contributed by atoms with Crippen LogP contribution >= 0.6 is 31.9 Å². The van der Waals surface area contributed by atoms with Crippen molar-refractivity contribution >= 4 is 43.5 Å². The number of anilines is 1.